The summed E-state index contributed by atoms with van der Waals surface area (Å²) in [6.45, 7) is 4.95. The number of aliphatic carboxylic acids is 1. The zero-order chi connectivity index (χ0) is 20.8. The van der Waals surface area contributed by atoms with E-state index in [-0.39, 0.29) is 29.6 Å². The molecule has 0 aliphatic rings. The summed E-state index contributed by atoms with van der Waals surface area (Å²) in [6.07, 6.45) is 1.33. The van der Waals surface area contributed by atoms with Gasteiger partial charge in [0.05, 0.1) is 23.4 Å². The summed E-state index contributed by atoms with van der Waals surface area (Å²) in [5.74, 6) is -2.66. The van der Waals surface area contributed by atoms with Gasteiger partial charge in [-0.05, 0) is 30.5 Å². The van der Waals surface area contributed by atoms with Gasteiger partial charge in [-0.25, -0.2) is 8.42 Å². The van der Waals surface area contributed by atoms with Crippen LogP contribution < -0.4 is 15.4 Å². The van der Waals surface area contributed by atoms with Gasteiger partial charge in [-0.15, -0.1) is 0 Å². The lowest BCUT2D eigenvalue weighted by Gasteiger charge is -2.17. The largest absolute Gasteiger partial charge is 0.481 e. The Morgan fingerprint density at radius 3 is 2.30 bits per heavy atom. The Morgan fingerprint density at radius 2 is 1.81 bits per heavy atom. The molecule has 0 heterocycles. The van der Waals surface area contributed by atoms with Crippen LogP contribution in [-0.2, 0) is 19.6 Å². The minimum atomic E-state index is -3.64. The van der Waals surface area contributed by atoms with Gasteiger partial charge >= 0.3 is 5.97 Å². The summed E-state index contributed by atoms with van der Waals surface area (Å²) in [5.41, 5.74) is 0.309. The van der Waals surface area contributed by atoms with Crippen LogP contribution in [0.5, 0.6) is 0 Å². The van der Waals surface area contributed by atoms with Crippen LogP contribution in [0.3, 0.4) is 0 Å². The standard InChI is InChI=1S/C17H25N3O6S/c1-10(2)7-12(17(23)24)9-18-16(22)14-8-13(19-11(3)21)5-6-15(14)20-27(4,25)26/h5-6,8,10,12,20H,7,9H2,1-4H3,(H,18,22)(H,19,21)(H,23,24). The molecule has 4 N–H and O–H groups in total. The molecule has 0 fully saturated rings. The molecule has 0 saturated carbocycles. The van der Waals surface area contributed by atoms with Crippen molar-refractivity contribution in [3.63, 3.8) is 0 Å². The highest BCUT2D eigenvalue weighted by atomic mass is 32.2. The summed E-state index contributed by atoms with van der Waals surface area (Å²) in [7, 11) is -3.64. The number of carbonyl (C=O) groups excluding carboxylic acids is 2. The average Bonchev–Trinajstić information content (AvgIpc) is 2.50. The van der Waals surface area contributed by atoms with Crippen LogP contribution in [0.15, 0.2) is 18.2 Å². The molecular formula is C17H25N3O6S. The first kappa shape index (κ1) is 22.4. The normalized spacial score (nSPS) is 12.3. The Hall–Kier alpha value is -2.62. The number of amides is 2. The van der Waals surface area contributed by atoms with E-state index in [4.69, 9.17) is 0 Å². The van der Waals surface area contributed by atoms with E-state index in [9.17, 15) is 27.9 Å². The number of nitrogens with one attached hydrogen (secondary N) is 3. The molecule has 0 radical (unpaired) electrons. The Labute approximate surface area is 158 Å². The number of carboxylic acid groups (broad SMARTS) is 1. The number of sulfonamides is 1. The maximum absolute atomic E-state index is 12.6. The van der Waals surface area contributed by atoms with Crippen molar-refractivity contribution in [2.45, 2.75) is 27.2 Å². The fourth-order valence-corrected chi connectivity index (χ4v) is 3.03. The Balaban J connectivity index is 3.09. The summed E-state index contributed by atoms with van der Waals surface area (Å²) < 4.78 is 25.3. The van der Waals surface area contributed by atoms with E-state index in [0.29, 0.717) is 12.1 Å². The molecule has 150 valence electrons. The Morgan fingerprint density at radius 1 is 1.19 bits per heavy atom. The van der Waals surface area contributed by atoms with Gasteiger partial charge in [-0.1, -0.05) is 13.8 Å². The van der Waals surface area contributed by atoms with Crippen LogP contribution in [-0.4, -0.2) is 44.1 Å². The molecule has 0 aliphatic carbocycles. The van der Waals surface area contributed by atoms with E-state index < -0.39 is 27.8 Å². The average molecular weight is 399 g/mol. The van der Waals surface area contributed by atoms with Gasteiger partial charge in [0.25, 0.3) is 5.91 Å². The second-order valence-electron chi connectivity index (χ2n) is 6.69. The highest BCUT2D eigenvalue weighted by molar-refractivity contribution is 7.92. The Kier molecular flexibility index (Phi) is 7.77. The zero-order valence-electron chi connectivity index (χ0n) is 15.7. The van der Waals surface area contributed by atoms with Gasteiger partial charge in [0, 0.05) is 19.2 Å². The van der Waals surface area contributed by atoms with Gasteiger partial charge in [-0.2, -0.15) is 0 Å². The Bertz CT molecular complexity index is 820. The van der Waals surface area contributed by atoms with E-state index >= 15 is 0 Å². The molecular weight excluding hydrogens is 374 g/mol. The van der Waals surface area contributed by atoms with Gasteiger partial charge in [0.1, 0.15) is 0 Å². The minimum absolute atomic E-state index is 0.0274. The molecule has 9 nitrogen and oxygen atoms in total. The number of carboxylic acids is 1. The molecule has 27 heavy (non-hydrogen) atoms. The summed E-state index contributed by atoms with van der Waals surface area (Å²) in [4.78, 5) is 35.1. The van der Waals surface area contributed by atoms with Crippen LogP contribution in [0.2, 0.25) is 0 Å². The van der Waals surface area contributed by atoms with Gasteiger partial charge < -0.3 is 15.7 Å². The number of hydrogen-bond donors (Lipinski definition) is 4. The molecule has 0 bridgehead atoms. The first-order chi connectivity index (χ1) is 12.4. The van der Waals surface area contributed by atoms with Crippen molar-refractivity contribution >= 4 is 39.2 Å². The molecule has 1 aromatic carbocycles. The molecule has 0 aliphatic heterocycles. The lowest BCUT2D eigenvalue weighted by atomic mass is 9.97. The third kappa shape index (κ3) is 8.07. The number of carbonyl (C=O) groups is 3. The molecule has 1 unspecified atom stereocenters. The summed E-state index contributed by atoms with van der Waals surface area (Å²) in [5, 5.41) is 14.3. The summed E-state index contributed by atoms with van der Waals surface area (Å²) >= 11 is 0. The molecule has 0 saturated heterocycles. The molecule has 1 rings (SSSR count). The number of benzene rings is 1. The summed E-state index contributed by atoms with van der Waals surface area (Å²) in [6, 6.07) is 4.12. The predicted octanol–water partition coefficient (Wildman–Crippen LogP) is 1.49. The fraction of sp³-hybridized carbons (Fsp3) is 0.471. The number of anilines is 2. The third-order valence-corrected chi connectivity index (χ3v) is 4.08. The molecule has 1 atom stereocenters. The highest BCUT2D eigenvalue weighted by Gasteiger charge is 2.21. The topological polar surface area (TPSA) is 142 Å². The number of rotatable bonds is 9. The van der Waals surface area contributed by atoms with Crippen molar-refractivity contribution in [3.05, 3.63) is 23.8 Å². The van der Waals surface area contributed by atoms with Crippen molar-refractivity contribution in [1.29, 1.82) is 0 Å². The maximum Gasteiger partial charge on any atom is 0.308 e. The van der Waals surface area contributed by atoms with Gasteiger partial charge in [0.2, 0.25) is 15.9 Å². The minimum Gasteiger partial charge on any atom is -0.481 e. The zero-order valence-corrected chi connectivity index (χ0v) is 16.5. The quantitative estimate of drug-likeness (QED) is 0.496. The number of hydrogen-bond acceptors (Lipinski definition) is 5. The highest BCUT2D eigenvalue weighted by Crippen LogP contribution is 2.22. The maximum atomic E-state index is 12.6. The fourth-order valence-electron chi connectivity index (χ4n) is 2.45. The first-order valence-electron chi connectivity index (χ1n) is 8.29. The van der Waals surface area contributed by atoms with Gasteiger partial charge in [-0.3, -0.25) is 19.1 Å². The SMILES string of the molecule is CC(=O)Nc1ccc(NS(C)(=O)=O)c(C(=O)NCC(CC(C)C)C(=O)O)c1. The van der Waals surface area contributed by atoms with Crippen LogP contribution in [0.4, 0.5) is 11.4 Å². The van der Waals surface area contributed by atoms with Crippen molar-refractivity contribution in [1.82, 2.24) is 5.32 Å². The lowest BCUT2D eigenvalue weighted by Crippen LogP contribution is -2.34. The van der Waals surface area contributed by atoms with Crippen LogP contribution in [0.1, 0.15) is 37.6 Å². The molecule has 10 heteroatoms. The van der Waals surface area contributed by atoms with Crippen molar-refractivity contribution in [2.75, 3.05) is 22.8 Å². The van der Waals surface area contributed by atoms with Crippen molar-refractivity contribution < 1.29 is 27.9 Å². The second kappa shape index (κ2) is 9.36. The molecule has 0 aromatic heterocycles. The molecule has 1 aromatic rings. The van der Waals surface area contributed by atoms with Gasteiger partial charge in [0.15, 0.2) is 0 Å². The van der Waals surface area contributed by atoms with E-state index in [1.807, 2.05) is 13.8 Å². The monoisotopic (exact) mass is 399 g/mol. The van der Waals surface area contributed by atoms with Crippen molar-refractivity contribution in [2.24, 2.45) is 11.8 Å². The molecule has 2 amide bonds. The van der Waals surface area contributed by atoms with Crippen LogP contribution in [0.25, 0.3) is 0 Å². The van der Waals surface area contributed by atoms with Crippen molar-refractivity contribution in [3.8, 4) is 0 Å². The van der Waals surface area contributed by atoms with E-state index in [1.54, 1.807) is 0 Å². The van der Waals surface area contributed by atoms with Crippen LogP contribution in [0, 0.1) is 11.8 Å². The van der Waals surface area contributed by atoms with E-state index in [2.05, 4.69) is 15.4 Å². The van der Waals surface area contributed by atoms with Crippen LogP contribution >= 0.6 is 0 Å². The second-order valence-corrected chi connectivity index (χ2v) is 8.44. The first-order valence-corrected chi connectivity index (χ1v) is 10.2. The van der Waals surface area contributed by atoms with E-state index in [0.717, 1.165) is 6.26 Å². The van der Waals surface area contributed by atoms with E-state index in [1.165, 1.54) is 25.1 Å². The molecule has 0 spiro atoms. The predicted molar refractivity (Wildman–Crippen MR) is 102 cm³/mol. The lowest BCUT2D eigenvalue weighted by molar-refractivity contribution is -0.142. The third-order valence-electron chi connectivity index (χ3n) is 3.49. The smallest absolute Gasteiger partial charge is 0.308 e.